The number of rotatable bonds is 2. The molecule has 0 radical (unpaired) electrons. The fraction of sp³-hybridized carbons (Fsp3) is 0.917. The molecule has 1 saturated carbocycles. The van der Waals surface area contributed by atoms with E-state index in [1.165, 1.54) is 32.1 Å². The zero-order valence-corrected chi connectivity index (χ0v) is 10.9. The normalized spacial score (nSPS) is 28.6. The zero-order chi connectivity index (χ0) is 11.6. The number of nitrogens with one attached hydrogen (secondary N) is 1. The summed E-state index contributed by atoms with van der Waals surface area (Å²) in [5, 5.41) is 3.50. The average molecular weight is 243 g/mol. The summed E-state index contributed by atoms with van der Waals surface area (Å²) < 4.78 is 5.25. The van der Waals surface area contributed by atoms with E-state index < -0.39 is 0 Å². The summed E-state index contributed by atoms with van der Waals surface area (Å²) in [4.78, 5) is 12.0. The Hall–Kier alpha value is -0.220. The number of esters is 1. The second-order valence-electron chi connectivity index (χ2n) is 5.05. The number of thioether (sulfide) groups is 1. The van der Waals surface area contributed by atoms with Crippen molar-refractivity contribution in [2.75, 3.05) is 5.75 Å². The minimum Gasteiger partial charge on any atom is -0.462 e. The molecule has 2 aliphatic rings. The largest absolute Gasteiger partial charge is 0.462 e. The molecule has 0 bridgehead atoms. The van der Waals surface area contributed by atoms with Crippen LogP contribution in [0.3, 0.4) is 0 Å². The Labute approximate surface area is 102 Å². The molecule has 1 aliphatic carbocycles. The Kier molecular flexibility index (Phi) is 3.80. The molecule has 0 amide bonds. The molecule has 4 heteroatoms. The Bertz CT molecular complexity index is 262. The molecule has 3 nitrogen and oxygen atoms in total. The Balaban J connectivity index is 1.89. The topological polar surface area (TPSA) is 38.3 Å². The van der Waals surface area contributed by atoms with Gasteiger partial charge in [-0.15, -0.1) is 11.8 Å². The summed E-state index contributed by atoms with van der Waals surface area (Å²) in [6, 6.07) is -0.0921. The van der Waals surface area contributed by atoms with Gasteiger partial charge in [0, 0.05) is 5.75 Å². The Morgan fingerprint density at radius 2 is 2.06 bits per heavy atom. The van der Waals surface area contributed by atoms with Crippen LogP contribution in [0.4, 0.5) is 0 Å². The average Bonchev–Trinajstić information content (AvgIpc) is 2.62. The van der Waals surface area contributed by atoms with Gasteiger partial charge in [0.2, 0.25) is 0 Å². The Morgan fingerprint density at radius 1 is 1.38 bits per heavy atom. The van der Waals surface area contributed by atoms with Crippen molar-refractivity contribution < 1.29 is 9.53 Å². The molecule has 2 fully saturated rings. The van der Waals surface area contributed by atoms with E-state index in [1.807, 2.05) is 25.6 Å². The lowest BCUT2D eigenvalue weighted by Gasteiger charge is -2.33. The van der Waals surface area contributed by atoms with Crippen LogP contribution >= 0.6 is 11.8 Å². The van der Waals surface area contributed by atoms with Gasteiger partial charge in [0.15, 0.2) is 0 Å². The molecule has 2 rings (SSSR count). The van der Waals surface area contributed by atoms with E-state index in [1.54, 1.807) is 0 Å². The number of carbonyl (C=O) groups excluding carboxylic acids is 1. The van der Waals surface area contributed by atoms with Crippen molar-refractivity contribution in [2.45, 2.75) is 63.0 Å². The van der Waals surface area contributed by atoms with E-state index >= 15 is 0 Å². The van der Waals surface area contributed by atoms with E-state index in [2.05, 4.69) is 5.32 Å². The molecule has 92 valence electrons. The SMILES string of the molecule is CC(C)OC(=O)[C@@H]1CSC2(CCCCC2)N1. The van der Waals surface area contributed by atoms with Crippen LogP contribution in [0.1, 0.15) is 46.0 Å². The van der Waals surface area contributed by atoms with Gasteiger partial charge in [0.25, 0.3) is 0 Å². The molecular formula is C12H21NO2S. The number of hydrogen-bond donors (Lipinski definition) is 1. The lowest BCUT2D eigenvalue weighted by molar-refractivity contribution is -0.149. The number of hydrogen-bond acceptors (Lipinski definition) is 4. The van der Waals surface area contributed by atoms with Crippen molar-refractivity contribution in [1.82, 2.24) is 5.32 Å². The first-order valence-electron chi connectivity index (χ1n) is 6.23. The third-order valence-electron chi connectivity index (χ3n) is 3.26. The first-order valence-corrected chi connectivity index (χ1v) is 7.22. The first kappa shape index (κ1) is 12.2. The molecule has 1 saturated heterocycles. The van der Waals surface area contributed by atoms with Crippen molar-refractivity contribution in [3.63, 3.8) is 0 Å². The molecule has 1 aliphatic heterocycles. The highest BCUT2D eigenvalue weighted by molar-refractivity contribution is 8.00. The maximum Gasteiger partial charge on any atom is 0.324 e. The van der Waals surface area contributed by atoms with Crippen LogP contribution in [0.5, 0.6) is 0 Å². The van der Waals surface area contributed by atoms with Crippen LogP contribution in [-0.4, -0.2) is 28.7 Å². The smallest absolute Gasteiger partial charge is 0.324 e. The van der Waals surface area contributed by atoms with Gasteiger partial charge >= 0.3 is 5.97 Å². The van der Waals surface area contributed by atoms with Gasteiger partial charge in [-0.05, 0) is 26.7 Å². The standard InChI is InChI=1S/C12H21NO2S/c1-9(2)15-11(14)10-8-16-12(13-10)6-4-3-5-7-12/h9-10,13H,3-8H2,1-2H3/t10-/m0/s1. The third kappa shape index (κ3) is 2.72. The minimum absolute atomic E-state index is 0.0118. The number of carbonyl (C=O) groups is 1. The van der Waals surface area contributed by atoms with Crippen molar-refractivity contribution in [2.24, 2.45) is 0 Å². The molecule has 1 heterocycles. The van der Waals surface area contributed by atoms with E-state index in [4.69, 9.17) is 4.74 Å². The van der Waals surface area contributed by atoms with Gasteiger partial charge in [0.1, 0.15) is 6.04 Å². The molecule has 0 aromatic heterocycles. The van der Waals surface area contributed by atoms with Crippen LogP contribution in [-0.2, 0) is 9.53 Å². The van der Waals surface area contributed by atoms with Gasteiger partial charge in [-0.1, -0.05) is 19.3 Å². The maximum absolute atomic E-state index is 11.8. The summed E-state index contributed by atoms with van der Waals surface area (Å²) in [5.74, 6) is 0.788. The van der Waals surface area contributed by atoms with Gasteiger partial charge in [-0.3, -0.25) is 10.1 Å². The maximum atomic E-state index is 11.8. The van der Waals surface area contributed by atoms with E-state index in [9.17, 15) is 4.79 Å². The van der Waals surface area contributed by atoms with Crippen LogP contribution in [0.25, 0.3) is 0 Å². The van der Waals surface area contributed by atoms with Crippen LogP contribution in [0.15, 0.2) is 0 Å². The molecule has 0 aromatic rings. The van der Waals surface area contributed by atoms with Crippen LogP contribution in [0, 0.1) is 0 Å². The lowest BCUT2D eigenvalue weighted by atomic mass is 9.94. The lowest BCUT2D eigenvalue weighted by Crippen LogP contribution is -2.47. The number of ether oxygens (including phenoxy) is 1. The van der Waals surface area contributed by atoms with E-state index in [-0.39, 0.29) is 23.0 Å². The van der Waals surface area contributed by atoms with Crippen molar-refractivity contribution in [3.05, 3.63) is 0 Å². The molecule has 1 spiro atoms. The van der Waals surface area contributed by atoms with Crippen molar-refractivity contribution in [3.8, 4) is 0 Å². The minimum atomic E-state index is -0.0921. The predicted molar refractivity (Wildman–Crippen MR) is 66.4 cm³/mol. The highest BCUT2D eigenvalue weighted by atomic mass is 32.2. The van der Waals surface area contributed by atoms with Crippen LogP contribution in [0.2, 0.25) is 0 Å². The van der Waals surface area contributed by atoms with Gasteiger partial charge in [-0.25, -0.2) is 0 Å². The van der Waals surface area contributed by atoms with Crippen molar-refractivity contribution >= 4 is 17.7 Å². The van der Waals surface area contributed by atoms with Gasteiger partial charge in [0.05, 0.1) is 11.0 Å². The van der Waals surface area contributed by atoms with Crippen LogP contribution < -0.4 is 5.32 Å². The quantitative estimate of drug-likeness (QED) is 0.755. The second-order valence-corrected chi connectivity index (χ2v) is 6.45. The summed E-state index contributed by atoms with van der Waals surface area (Å²) in [5.41, 5.74) is 0. The Morgan fingerprint density at radius 3 is 2.69 bits per heavy atom. The molecule has 0 aromatic carbocycles. The fourth-order valence-electron chi connectivity index (χ4n) is 2.50. The fourth-order valence-corrected chi connectivity index (χ4v) is 4.00. The molecule has 0 unspecified atom stereocenters. The summed E-state index contributed by atoms with van der Waals surface area (Å²) in [6.45, 7) is 3.80. The third-order valence-corrected chi connectivity index (χ3v) is 4.84. The first-order chi connectivity index (χ1) is 7.61. The highest BCUT2D eigenvalue weighted by Crippen LogP contribution is 2.42. The zero-order valence-electron chi connectivity index (χ0n) is 10.1. The molecule has 1 atom stereocenters. The highest BCUT2D eigenvalue weighted by Gasteiger charge is 2.43. The monoisotopic (exact) mass is 243 g/mol. The summed E-state index contributed by atoms with van der Waals surface area (Å²) in [6.07, 6.45) is 6.29. The predicted octanol–water partition coefficient (Wildman–Crippen LogP) is 2.30. The van der Waals surface area contributed by atoms with E-state index in [0.717, 1.165) is 5.75 Å². The van der Waals surface area contributed by atoms with E-state index in [0.29, 0.717) is 0 Å². The molecule has 16 heavy (non-hydrogen) atoms. The summed E-state index contributed by atoms with van der Waals surface area (Å²) in [7, 11) is 0. The van der Waals surface area contributed by atoms with Gasteiger partial charge in [-0.2, -0.15) is 0 Å². The molecular weight excluding hydrogens is 222 g/mol. The summed E-state index contributed by atoms with van der Waals surface area (Å²) >= 11 is 1.92. The second kappa shape index (κ2) is 4.96. The van der Waals surface area contributed by atoms with Gasteiger partial charge < -0.3 is 4.74 Å². The molecule has 1 N–H and O–H groups in total. The van der Waals surface area contributed by atoms with Crippen molar-refractivity contribution in [1.29, 1.82) is 0 Å².